The van der Waals surface area contributed by atoms with E-state index in [1.54, 1.807) is 0 Å². The molecule has 0 saturated carbocycles. The third kappa shape index (κ3) is 5.41. The summed E-state index contributed by atoms with van der Waals surface area (Å²) in [6.07, 6.45) is 3.00. The molecule has 1 aliphatic rings. The number of fused-ring (bicyclic) bond motifs is 1. The summed E-state index contributed by atoms with van der Waals surface area (Å²) in [5.74, 6) is -2.51. The number of carboxylic acids is 2. The number of rotatable bonds is 4. The van der Waals surface area contributed by atoms with Crippen molar-refractivity contribution in [1.29, 1.82) is 0 Å². The lowest BCUT2D eigenvalue weighted by Crippen LogP contribution is -2.43. The van der Waals surface area contributed by atoms with Crippen molar-refractivity contribution in [3.8, 4) is 0 Å². The summed E-state index contributed by atoms with van der Waals surface area (Å²) in [6.45, 7) is 1.72. The van der Waals surface area contributed by atoms with Gasteiger partial charge in [0, 0.05) is 42.3 Å². The van der Waals surface area contributed by atoms with Crippen molar-refractivity contribution >= 4 is 22.8 Å². The van der Waals surface area contributed by atoms with Gasteiger partial charge in [0.25, 0.3) is 0 Å². The van der Waals surface area contributed by atoms with Crippen LogP contribution < -0.4 is 0 Å². The third-order valence-electron chi connectivity index (χ3n) is 3.90. The second-order valence-electron chi connectivity index (χ2n) is 5.95. The molecular weight excluding hydrogens is 340 g/mol. The van der Waals surface area contributed by atoms with Crippen LogP contribution in [0.4, 0.5) is 0 Å². The number of aliphatic carboxylic acids is 2. The van der Waals surface area contributed by atoms with Gasteiger partial charge in [-0.3, -0.25) is 0 Å². The highest BCUT2D eigenvalue weighted by Gasteiger charge is 2.27. The minimum Gasteiger partial charge on any atom is -0.478 e. The molecule has 1 saturated heterocycles. The van der Waals surface area contributed by atoms with Gasteiger partial charge >= 0.3 is 11.9 Å². The van der Waals surface area contributed by atoms with E-state index in [0.717, 1.165) is 18.6 Å². The number of aromatic amines is 1. The van der Waals surface area contributed by atoms with Crippen molar-refractivity contribution in [2.75, 3.05) is 26.7 Å². The molecule has 0 spiro atoms. The second kappa shape index (κ2) is 9.14. The first-order chi connectivity index (χ1) is 12.4. The molecule has 2 aromatic rings. The van der Waals surface area contributed by atoms with Crippen molar-refractivity contribution in [3.63, 3.8) is 0 Å². The minimum absolute atomic E-state index is 0.0281. The number of benzene rings is 1. The molecule has 140 valence electrons. The molecule has 4 N–H and O–H groups in total. The molecule has 2 unspecified atom stereocenters. The van der Waals surface area contributed by atoms with Crippen molar-refractivity contribution in [2.45, 2.75) is 12.2 Å². The van der Waals surface area contributed by atoms with Crippen molar-refractivity contribution in [2.24, 2.45) is 0 Å². The van der Waals surface area contributed by atoms with Gasteiger partial charge < -0.3 is 29.9 Å². The Balaban J connectivity index is 0.000000260. The van der Waals surface area contributed by atoms with Crippen LogP contribution in [0.25, 0.3) is 10.9 Å². The molecule has 3 rings (SSSR count). The quantitative estimate of drug-likeness (QED) is 0.604. The van der Waals surface area contributed by atoms with E-state index in [-0.39, 0.29) is 18.8 Å². The maximum absolute atomic E-state index is 9.55. The number of ether oxygens (including phenoxy) is 1. The summed E-state index contributed by atoms with van der Waals surface area (Å²) in [7, 11) is 2.06. The number of hydrogen-bond acceptors (Lipinski definition) is 5. The van der Waals surface area contributed by atoms with E-state index < -0.39 is 11.9 Å². The maximum Gasteiger partial charge on any atom is 0.328 e. The van der Waals surface area contributed by atoms with Crippen molar-refractivity contribution in [1.82, 2.24) is 9.88 Å². The number of aromatic nitrogens is 1. The highest BCUT2D eigenvalue weighted by Crippen LogP contribution is 2.30. The Hall–Kier alpha value is -2.68. The largest absolute Gasteiger partial charge is 0.478 e. The number of morpholine rings is 1. The van der Waals surface area contributed by atoms with E-state index in [2.05, 4.69) is 35.1 Å². The molecule has 0 radical (unpaired) electrons. The molecule has 1 fully saturated rings. The Morgan fingerprint density at radius 1 is 1.23 bits per heavy atom. The fraction of sp³-hybridized carbons (Fsp3) is 0.333. The number of H-pyrrole nitrogens is 1. The van der Waals surface area contributed by atoms with E-state index in [1.807, 2.05) is 12.3 Å². The lowest BCUT2D eigenvalue weighted by Gasteiger charge is -2.35. The summed E-state index contributed by atoms with van der Waals surface area (Å²) in [6, 6.07) is 8.29. The molecule has 0 aliphatic carbocycles. The molecule has 0 amide bonds. The molecule has 1 aromatic heterocycles. The number of nitrogens with one attached hydrogen (secondary N) is 1. The number of hydrogen-bond donors (Lipinski definition) is 4. The Labute approximate surface area is 150 Å². The van der Waals surface area contributed by atoms with Crippen LogP contribution >= 0.6 is 0 Å². The summed E-state index contributed by atoms with van der Waals surface area (Å²) >= 11 is 0. The molecule has 1 aromatic carbocycles. The standard InChI is InChI=1S/C14H18N2O2.C4H4O4/c1-16-7-10(9-17)18-14(8-16)12-3-2-4-13-11(12)5-6-15-13;5-3(6)1-2-4(7)8/h2-6,10,14-15,17H,7-9H2,1H3;1-2H,(H,5,6)(H,7,8)/b;2-1+. The van der Waals surface area contributed by atoms with Gasteiger partial charge in [0.05, 0.1) is 18.8 Å². The Morgan fingerprint density at radius 3 is 2.54 bits per heavy atom. The highest BCUT2D eigenvalue weighted by molar-refractivity contribution is 5.89. The van der Waals surface area contributed by atoms with Crippen LogP contribution in [0.15, 0.2) is 42.6 Å². The molecule has 8 heteroatoms. The van der Waals surface area contributed by atoms with Gasteiger partial charge in [-0.2, -0.15) is 0 Å². The summed E-state index contributed by atoms with van der Waals surface area (Å²) in [4.78, 5) is 24.5. The van der Waals surface area contributed by atoms with Crippen LogP contribution in [-0.4, -0.2) is 70.0 Å². The number of aliphatic hydroxyl groups excluding tert-OH is 1. The van der Waals surface area contributed by atoms with Gasteiger partial charge in [0.15, 0.2) is 0 Å². The van der Waals surface area contributed by atoms with Gasteiger partial charge in [-0.25, -0.2) is 9.59 Å². The SMILES string of the molecule is CN1CC(CO)OC(c2cccc3[nH]ccc23)C1.O=C(O)/C=C/C(=O)O. The molecular formula is C18H22N2O6. The van der Waals surface area contributed by atoms with Gasteiger partial charge in [0.1, 0.15) is 0 Å². The first-order valence-corrected chi connectivity index (χ1v) is 8.05. The van der Waals surface area contributed by atoms with Gasteiger partial charge in [-0.1, -0.05) is 12.1 Å². The molecule has 26 heavy (non-hydrogen) atoms. The predicted octanol–water partition coefficient (Wildman–Crippen LogP) is 1.24. The normalized spacial score (nSPS) is 20.7. The van der Waals surface area contributed by atoms with Gasteiger partial charge in [-0.15, -0.1) is 0 Å². The Bertz CT molecular complexity index is 769. The zero-order valence-electron chi connectivity index (χ0n) is 14.3. The Morgan fingerprint density at radius 2 is 1.92 bits per heavy atom. The molecule has 2 heterocycles. The predicted molar refractivity (Wildman–Crippen MR) is 94.9 cm³/mol. The van der Waals surface area contributed by atoms with Crippen LogP contribution in [0.1, 0.15) is 11.7 Å². The van der Waals surface area contributed by atoms with E-state index in [1.165, 1.54) is 10.9 Å². The van der Waals surface area contributed by atoms with E-state index in [4.69, 9.17) is 14.9 Å². The molecule has 0 bridgehead atoms. The van der Waals surface area contributed by atoms with Crippen molar-refractivity contribution in [3.05, 3.63) is 48.2 Å². The zero-order valence-corrected chi connectivity index (χ0v) is 14.3. The number of carboxylic acid groups (broad SMARTS) is 2. The number of aliphatic hydroxyl groups is 1. The molecule has 2 atom stereocenters. The molecule has 8 nitrogen and oxygen atoms in total. The van der Waals surface area contributed by atoms with Crippen LogP contribution in [0.2, 0.25) is 0 Å². The van der Waals surface area contributed by atoms with Crippen LogP contribution in [-0.2, 0) is 14.3 Å². The zero-order chi connectivity index (χ0) is 19.1. The number of likely N-dealkylation sites (N-methyl/N-ethyl adjacent to an activating group) is 1. The number of carbonyl (C=O) groups is 2. The molecule has 1 aliphatic heterocycles. The summed E-state index contributed by atoms with van der Waals surface area (Å²) in [5, 5.41) is 26.1. The lowest BCUT2D eigenvalue weighted by atomic mass is 10.0. The Kier molecular flexibility index (Phi) is 6.90. The second-order valence-corrected chi connectivity index (χ2v) is 5.95. The summed E-state index contributed by atoms with van der Waals surface area (Å²) < 4.78 is 5.96. The van der Waals surface area contributed by atoms with Crippen LogP contribution in [0.3, 0.4) is 0 Å². The van der Waals surface area contributed by atoms with Crippen molar-refractivity contribution < 1.29 is 29.6 Å². The average molecular weight is 362 g/mol. The van der Waals surface area contributed by atoms with E-state index in [9.17, 15) is 14.7 Å². The minimum atomic E-state index is -1.26. The van der Waals surface area contributed by atoms with E-state index >= 15 is 0 Å². The van der Waals surface area contributed by atoms with Gasteiger partial charge in [0.2, 0.25) is 0 Å². The smallest absolute Gasteiger partial charge is 0.328 e. The maximum atomic E-state index is 9.55. The third-order valence-corrected chi connectivity index (χ3v) is 3.90. The highest BCUT2D eigenvalue weighted by atomic mass is 16.5. The van der Waals surface area contributed by atoms with Crippen LogP contribution in [0.5, 0.6) is 0 Å². The lowest BCUT2D eigenvalue weighted by molar-refractivity contribution is -0.134. The van der Waals surface area contributed by atoms with Gasteiger partial charge in [-0.05, 0) is 24.7 Å². The number of nitrogens with zero attached hydrogens (tertiary/aromatic N) is 1. The first kappa shape index (κ1) is 19.6. The van der Waals surface area contributed by atoms with Crippen LogP contribution in [0, 0.1) is 0 Å². The first-order valence-electron chi connectivity index (χ1n) is 8.05. The monoisotopic (exact) mass is 362 g/mol. The average Bonchev–Trinajstić information content (AvgIpc) is 3.08. The van der Waals surface area contributed by atoms with E-state index in [0.29, 0.717) is 12.2 Å². The fourth-order valence-corrected chi connectivity index (χ4v) is 2.83. The fourth-order valence-electron chi connectivity index (χ4n) is 2.83. The topological polar surface area (TPSA) is 123 Å². The summed E-state index contributed by atoms with van der Waals surface area (Å²) in [5.41, 5.74) is 2.32.